The molecule has 176 valence electrons. The molecule has 5 rings (SSSR count). The third kappa shape index (κ3) is 4.50. The zero-order chi connectivity index (χ0) is 23.5. The van der Waals surface area contributed by atoms with Gasteiger partial charge in [0.15, 0.2) is 5.76 Å². The lowest BCUT2D eigenvalue weighted by Gasteiger charge is -2.36. The van der Waals surface area contributed by atoms with Crippen molar-refractivity contribution < 1.29 is 18.7 Å². The van der Waals surface area contributed by atoms with E-state index >= 15 is 0 Å². The van der Waals surface area contributed by atoms with E-state index in [0.717, 1.165) is 35.1 Å². The van der Waals surface area contributed by atoms with Crippen molar-refractivity contribution in [3.8, 4) is 5.75 Å². The van der Waals surface area contributed by atoms with Crippen molar-refractivity contribution in [1.82, 2.24) is 4.90 Å². The average molecular weight is 478 g/mol. The Morgan fingerprint density at radius 1 is 0.971 bits per heavy atom. The molecular weight excluding hydrogens is 450 g/mol. The van der Waals surface area contributed by atoms with E-state index in [2.05, 4.69) is 11.0 Å². The molecule has 0 saturated carbocycles. The van der Waals surface area contributed by atoms with Gasteiger partial charge in [-0.15, -0.1) is 11.8 Å². The fourth-order valence-electron chi connectivity index (χ4n) is 4.36. The maximum Gasteiger partial charge on any atom is 0.289 e. The van der Waals surface area contributed by atoms with Gasteiger partial charge in [-0.25, -0.2) is 0 Å². The summed E-state index contributed by atoms with van der Waals surface area (Å²) in [4.78, 5) is 32.5. The molecule has 3 aromatic rings. The molecule has 0 unspecified atom stereocenters. The lowest BCUT2D eigenvalue weighted by Crippen LogP contribution is -2.48. The van der Waals surface area contributed by atoms with Gasteiger partial charge in [0.25, 0.3) is 5.91 Å². The summed E-state index contributed by atoms with van der Waals surface area (Å²) >= 11 is 1.55. The number of carbonyl (C=O) groups is 2. The number of hydrogen-bond acceptors (Lipinski definition) is 6. The van der Waals surface area contributed by atoms with E-state index in [-0.39, 0.29) is 11.8 Å². The van der Waals surface area contributed by atoms with Crippen LogP contribution in [0.5, 0.6) is 5.75 Å². The lowest BCUT2D eigenvalue weighted by molar-refractivity contribution is -0.116. The van der Waals surface area contributed by atoms with E-state index in [1.807, 2.05) is 54.3 Å². The number of rotatable bonds is 6. The number of fused-ring (bicyclic) bond motifs is 1. The second-order valence-corrected chi connectivity index (χ2v) is 9.20. The number of furan rings is 1. The van der Waals surface area contributed by atoms with Crippen LogP contribution in [-0.4, -0.2) is 55.3 Å². The molecule has 2 aliphatic heterocycles. The molecule has 0 N–H and O–H groups in total. The molecule has 8 heteroatoms. The van der Waals surface area contributed by atoms with Crippen LogP contribution < -0.4 is 14.5 Å². The van der Waals surface area contributed by atoms with E-state index in [9.17, 15) is 9.59 Å². The van der Waals surface area contributed by atoms with Gasteiger partial charge in [0.1, 0.15) is 11.5 Å². The van der Waals surface area contributed by atoms with Crippen molar-refractivity contribution in [2.45, 2.75) is 18.4 Å². The summed E-state index contributed by atoms with van der Waals surface area (Å²) in [6, 6.07) is 19.4. The zero-order valence-electron chi connectivity index (χ0n) is 19.1. The fraction of sp³-hybridized carbons (Fsp3) is 0.308. The molecule has 7 nitrogen and oxygen atoms in total. The molecule has 0 atom stereocenters. The Bertz CT molecular complexity index is 1190. The highest BCUT2D eigenvalue weighted by atomic mass is 32.2. The molecule has 1 saturated heterocycles. The minimum atomic E-state index is -0.120. The number of ether oxygens (including phenoxy) is 1. The first-order valence-electron chi connectivity index (χ1n) is 11.5. The molecule has 3 heterocycles. The van der Waals surface area contributed by atoms with E-state index in [1.165, 1.54) is 0 Å². The highest BCUT2D eigenvalue weighted by molar-refractivity contribution is 8.00. The monoisotopic (exact) mass is 477 g/mol. The molecule has 1 aromatic heterocycles. The maximum absolute atomic E-state index is 13.1. The quantitative estimate of drug-likeness (QED) is 0.528. The predicted molar refractivity (Wildman–Crippen MR) is 133 cm³/mol. The molecule has 0 spiro atoms. The first kappa shape index (κ1) is 22.4. The van der Waals surface area contributed by atoms with Gasteiger partial charge in [0.05, 0.1) is 30.3 Å². The summed E-state index contributed by atoms with van der Waals surface area (Å²) < 4.78 is 11.7. The minimum Gasteiger partial charge on any atom is -0.492 e. The normalized spacial score (nSPS) is 15.9. The van der Waals surface area contributed by atoms with Gasteiger partial charge in [0, 0.05) is 31.1 Å². The molecule has 0 aliphatic carbocycles. The Morgan fingerprint density at radius 2 is 1.71 bits per heavy atom. The van der Waals surface area contributed by atoms with E-state index in [4.69, 9.17) is 9.15 Å². The topological polar surface area (TPSA) is 66.2 Å². The number of anilines is 2. The highest BCUT2D eigenvalue weighted by Crippen LogP contribution is 2.36. The van der Waals surface area contributed by atoms with Crippen LogP contribution in [0.2, 0.25) is 0 Å². The van der Waals surface area contributed by atoms with Crippen LogP contribution in [0.1, 0.15) is 23.2 Å². The average Bonchev–Trinajstić information content (AvgIpc) is 3.35. The van der Waals surface area contributed by atoms with Crippen molar-refractivity contribution in [3.05, 3.63) is 72.2 Å². The van der Waals surface area contributed by atoms with E-state index in [1.54, 1.807) is 28.8 Å². The third-order valence-electron chi connectivity index (χ3n) is 6.07. The van der Waals surface area contributed by atoms with Crippen LogP contribution >= 0.6 is 11.8 Å². The third-order valence-corrected chi connectivity index (χ3v) is 7.11. The SMILES string of the molecule is CCOc1ccccc1N1CCN(C(=O)c2ccc(CN3C(=O)CSc4ccccc43)o2)CC1. The van der Waals surface area contributed by atoms with Gasteiger partial charge in [-0.05, 0) is 43.3 Å². The van der Waals surface area contributed by atoms with Gasteiger partial charge in [-0.2, -0.15) is 0 Å². The summed E-state index contributed by atoms with van der Waals surface area (Å²) in [7, 11) is 0. The zero-order valence-corrected chi connectivity index (χ0v) is 19.9. The van der Waals surface area contributed by atoms with Gasteiger partial charge < -0.3 is 23.9 Å². The van der Waals surface area contributed by atoms with E-state index in [0.29, 0.717) is 43.5 Å². The second kappa shape index (κ2) is 9.85. The van der Waals surface area contributed by atoms with Crippen LogP contribution in [0.3, 0.4) is 0 Å². The molecule has 0 bridgehead atoms. The first-order valence-corrected chi connectivity index (χ1v) is 12.5. The molecule has 0 radical (unpaired) electrons. The second-order valence-electron chi connectivity index (χ2n) is 8.18. The number of amides is 2. The van der Waals surface area contributed by atoms with Crippen LogP contribution in [0.15, 0.2) is 70.0 Å². The largest absolute Gasteiger partial charge is 0.492 e. The number of piperazine rings is 1. The summed E-state index contributed by atoms with van der Waals surface area (Å²) in [6.45, 7) is 5.55. The van der Waals surface area contributed by atoms with Crippen LogP contribution in [-0.2, 0) is 11.3 Å². The van der Waals surface area contributed by atoms with Gasteiger partial charge in [0.2, 0.25) is 5.91 Å². The summed E-state index contributed by atoms with van der Waals surface area (Å²) in [5, 5.41) is 0. The minimum absolute atomic E-state index is 0.0384. The summed E-state index contributed by atoms with van der Waals surface area (Å²) in [5.74, 6) is 2.10. The summed E-state index contributed by atoms with van der Waals surface area (Å²) in [5.41, 5.74) is 1.94. The Kier molecular flexibility index (Phi) is 6.49. The maximum atomic E-state index is 13.1. The molecule has 2 aliphatic rings. The van der Waals surface area contributed by atoms with Gasteiger partial charge in [-0.3, -0.25) is 9.59 Å². The first-order chi connectivity index (χ1) is 16.6. The highest BCUT2D eigenvalue weighted by Gasteiger charge is 2.28. The molecule has 34 heavy (non-hydrogen) atoms. The molecule has 1 fully saturated rings. The Labute approximate surface area is 203 Å². The Balaban J connectivity index is 1.23. The van der Waals surface area contributed by atoms with E-state index < -0.39 is 0 Å². The number of carbonyl (C=O) groups excluding carboxylic acids is 2. The Morgan fingerprint density at radius 3 is 2.50 bits per heavy atom. The number of benzene rings is 2. The predicted octanol–water partition coefficient (Wildman–Crippen LogP) is 4.28. The lowest BCUT2D eigenvalue weighted by atomic mass is 10.2. The van der Waals surface area contributed by atoms with Crippen molar-refractivity contribution >= 4 is 35.0 Å². The number of thioether (sulfide) groups is 1. The van der Waals surface area contributed by atoms with Crippen LogP contribution in [0, 0.1) is 0 Å². The van der Waals surface area contributed by atoms with Crippen molar-refractivity contribution in [3.63, 3.8) is 0 Å². The molecular formula is C26H27N3O4S. The van der Waals surface area contributed by atoms with Crippen molar-refractivity contribution in [1.29, 1.82) is 0 Å². The summed E-state index contributed by atoms with van der Waals surface area (Å²) in [6.07, 6.45) is 0. The standard InChI is InChI=1S/C26H27N3O4S/c1-2-32-22-9-5-3-7-20(22)27-13-15-28(16-14-27)26(31)23-12-11-19(33-23)17-29-21-8-4-6-10-24(21)34-18-25(29)30/h3-12H,2,13-18H2,1H3. The number of nitrogens with zero attached hydrogens (tertiary/aromatic N) is 3. The van der Waals surface area contributed by atoms with Crippen molar-refractivity contribution in [2.75, 3.05) is 48.3 Å². The van der Waals surface area contributed by atoms with Crippen molar-refractivity contribution in [2.24, 2.45) is 0 Å². The van der Waals surface area contributed by atoms with Crippen LogP contribution in [0.4, 0.5) is 11.4 Å². The molecule has 2 amide bonds. The smallest absolute Gasteiger partial charge is 0.289 e. The van der Waals surface area contributed by atoms with Gasteiger partial charge in [-0.1, -0.05) is 24.3 Å². The molecule has 2 aromatic carbocycles. The van der Waals surface area contributed by atoms with Gasteiger partial charge >= 0.3 is 0 Å². The Hall–Kier alpha value is -3.39. The fourth-order valence-corrected chi connectivity index (χ4v) is 5.30. The number of para-hydroxylation sites is 3. The van der Waals surface area contributed by atoms with Crippen LogP contribution in [0.25, 0.3) is 0 Å². The number of hydrogen-bond donors (Lipinski definition) is 0.